The van der Waals surface area contributed by atoms with Crippen molar-refractivity contribution in [2.24, 2.45) is 4.99 Å². The van der Waals surface area contributed by atoms with Gasteiger partial charge in [0, 0.05) is 20.2 Å². The summed E-state index contributed by atoms with van der Waals surface area (Å²) in [6.07, 6.45) is 1.97. The van der Waals surface area contributed by atoms with Gasteiger partial charge >= 0.3 is 0 Å². The number of hydrogen-bond donors (Lipinski definition) is 3. The third kappa shape index (κ3) is 7.31. The quantitative estimate of drug-likeness (QED) is 0.392. The minimum Gasteiger partial charge on any atom is -0.508 e. The Morgan fingerprint density at radius 3 is 2.50 bits per heavy atom. The van der Waals surface area contributed by atoms with E-state index in [0.29, 0.717) is 12.3 Å². The van der Waals surface area contributed by atoms with Gasteiger partial charge in [-0.2, -0.15) is 0 Å². The lowest BCUT2D eigenvalue weighted by Gasteiger charge is -2.21. The molecule has 1 rings (SSSR count). The number of ether oxygens (including phenoxy) is 1. The van der Waals surface area contributed by atoms with Crippen LogP contribution in [0.15, 0.2) is 29.3 Å². The van der Waals surface area contributed by atoms with Crippen LogP contribution in [0.25, 0.3) is 0 Å². The molecule has 0 bridgehead atoms. The predicted molar refractivity (Wildman–Crippen MR) is 91.5 cm³/mol. The van der Waals surface area contributed by atoms with Gasteiger partial charge in [0.15, 0.2) is 5.96 Å². The molecule has 5 heteroatoms. The normalized spacial score (nSPS) is 12.3. The average molecular weight is 307 g/mol. The summed E-state index contributed by atoms with van der Waals surface area (Å²) in [5, 5.41) is 15.8. The van der Waals surface area contributed by atoms with E-state index in [9.17, 15) is 5.11 Å². The Bertz CT molecular complexity index is 455. The maximum absolute atomic E-state index is 9.26. The predicted octanol–water partition coefficient (Wildman–Crippen LogP) is 2.30. The van der Waals surface area contributed by atoms with E-state index in [1.165, 1.54) is 5.56 Å². The van der Waals surface area contributed by atoms with Gasteiger partial charge in [-0.1, -0.05) is 12.1 Å². The van der Waals surface area contributed by atoms with Crippen molar-refractivity contribution in [1.29, 1.82) is 0 Å². The van der Waals surface area contributed by atoms with Crippen molar-refractivity contribution in [3.05, 3.63) is 29.8 Å². The average Bonchev–Trinajstić information content (AvgIpc) is 2.51. The molecule has 0 radical (unpaired) electrons. The summed E-state index contributed by atoms with van der Waals surface area (Å²) in [7, 11) is 1.70. The second-order valence-corrected chi connectivity index (χ2v) is 5.86. The zero-order valence-electron chi connectivity index (χ0n) is 14.1. The lowest BCUT2D eigenvalue weighted by atomic mass is 10.1. The summed E-state index contributed by atoms with van der Waals surface area (Å²) in [6, 6.07) is 7.35. The molecule has 0 saturated carbocycles. The van der Waals surface area contributed by atoms with E-state index < -0.39 is 0 Å². The van der Waals surface area contributed by atoms with Crippen molar-refractivity contribution in [3.8, 4) is 5.75 Å². The molecule has 0 aliphatic carbocycles. The van der Waals surface area contributed by atoms with Gasteiger partial charge in [0.05, 0.1) is 12.1 Å². The number of benzene rings is 1. The fourth-order valence-corrected chi connectivity index (χ4v) is 1.84. The highest BCUT2D eigenvalue weighted by molar-refractivity contribution is 5.79. The van der Waals surface area contributed by atoms with E-state index in [1.54, 1.807) is 19.2 Å². The van der Waals surface area contributed by atoms with Gasteiger partial charge < -0.3 is 20.5 Å². The van der Waals surface area contributed by atoms with Crippen molar-refractivity contribution < 1.29 is 9.84 Å². The highest BCUT2D eigenvalue weighted by Crippen LogP contribution is 2.10. The van der Waals surface area contributed by atoms with Crippen LogP contribution < -0.4 is 10.6 Å². The van der Waals surface area contributed by atoms with Crippen molar-refractivity contribution in [2.45, 2.75) is 39.2 Å². The first-order chi connectivity index (χ1) is 10.5. The van der Waals surface area contributed by atoms with Crippen LogP contribution in [0.2, 0.25) is 0 Å². The van der Waals surface area contributed by atoms with Crippen LogP contribution in [0.3, 0.4) is 0 Å². The Morgan fingerprint density at radius 1 is 1.23 bits per heavy atom. The molecule has 0 saturated heterocycles. The SMILES string of the molecule is CCNC(=NCC(C)(C)OC)NCCCc1ccc(O)cc1. The second kappa shape index (κ2) is 9.30. The molecular formula is C17H29N3O2. The Morgan fingerprint density at radius 2 is 1.91 bits per heavy atom. The first-order valence-electron chi connectivity index (χ1n) is 7.82. The number of aromatic hydroxyl groups is 1. The number of aliphatic imine (C=N–C) groups is 1. The molecule has 3 N–H and O–H groups in total. The largest absolute Gasteiger partial charge is 0.508 e. The van der Waals surface area contributed by atoms with Gasteiger partial charge in [0.2, 0.25) is 0 Å². The van der Waals surface area contributed by atoms with Crippen LogP contribution >= 0.6 is 0 Å². The lowest BCUT2D eigenvalue weighted by molar-refractivity contribution is 0.0310. The molecule has 124 valence electrons. The van der Waals surface area contributed by atoms with Crippen molar-refractivity contribution >= 4 is 5.96 Å². The molecule has 1 aromatic carbocycles. The fourth-order valence-electron chi connectivity index (χ4n) is 1.84. The van der Waals surface area contributed by atoms with Gasteiger partial charge in [-0.3, -0.25) is 4.99 Å². The summed E-state index contributed by atoms with van der Waals surface area (Å²) >= 11 is 0. The first kappa shape index (κ1) is 18.3. The smallest absolute Gasteiger partial charge is 0.191 e. The Hall–Kier alpha value is -1.75. The molecule has 1 aromatic rings. The number of hydrogen-bond acceptors (Lipinski definition) is 3. The van der Waals surface area contributed by atoms with Gasteiger partial charge in [0.1, 0.15) is 5.75 Å². The minimum atomic E-state index is -0.256. The maximum atomic E-state index is 9.26. The van der Waals surface area contributed by atoms with Gasteiger partial charge in [-0.25, -0.2) is 0 Å². The van der Waals surface area contributed by atoms with Crippen LogP contribution in [-0.2, 0) is 11.2 Å². The van der Waals surface area contributed by atoms with Gasteiger partial charge in [0.25, 0.3) is 0 Å². The Labute approximate surface area is 133 Å². The summed E-state index contributed by atoms with van der Waals surface area (Å²) in [6.45, 7) is 8.37. The molecule has 5 nitrogen and oxygen atoms in total. The number of aryl methyl sites for hydroxylation is 1. The number of phenolic OH excluding ortho intramolecular Hbond substituents is 1. The van der Waals surface area contributed by atoms with Crippen LogP contribution in [0, 0.1) is 0 Å². The standard InChI is InChI=1S/C17H29N3O2/c1-5-18-16(20-13-17(2,3)22-4)19-12-6-7-14-8-10-15(21)11-9-14/h8-11,21H,5-7,12-13H2,1-4H3,(H2,18,19,20). The third-order valence-corrected chi connectivity index (χ3v) is 3.39. The zero-order chi connectivity index (χ0) is 16.4. The van der Waals surface area contributed by atoms with E-state index in [4.69, 9.17) is 4.74 Å². The summed E-state index contributed by atoms with van der Waals surface area (Å²) in [4.78, 5) is 4.55. The zero-order valence-corrected chi connectivity index (χ0v) is 14.1. The Balaban J connectivity index is 2.37. The number of nitrogens with zero attached hydrogens (tertiary/aromatic N) is 1. The Kier molecular flexibility index (Phi) is 7.74. The summed E-state index contributed by atoms with van der Waals surface area (Å²) in [5.74, 6) is 1.13. The minimum absolute atomic E-state index is 0.256. The number of nitrogens with one attached hydrogen (secondary N) is 2. The van der Waals surface area contributed by atoms with Crippen LogP contribution in [0.1, 0.15) is 32.8 Å². The van der Waals surface area contributed by atoms with Crippen LogP contribution in [0.4, 0.5) is 0 Å². The molecule has 0 aromatic heterocycles. The summed E-state index contributed by atoms with van der Waals surface area (Å²) in [5.41, 5.74) is 0.969. The second-order valence-electron chi connectivity index (χ2n) is 5.86. The third-order valence-electron chi connectivity index (χ3n) is 3.39. The van der Waals surface area contributed by atoms with Gasteiger partial charge in [-0.05, 0) is 51.3 Å². The molecule has 0 aliphatic rings. The highest BCUT2D eigenvalue weighted by atomic mass is 16.5. The molecular weight excluding hydrogens is 278 g/mol. The van der Waals surface area contributed by atoms with E-state index in [2.05, 4.69) is 22.5 Å². The summed E-state index contributed by atoms with van der Waals surface area (Å²) < 4.78 is 5.38. The van der Waals surface area contributed by atoms with E-state index >= 15 is 0 Å². The molecule has 0 unspecified atom stereocenters. The molecule has 22 heavy (non-hydrogen) atoms. The fraction of sp³-hybridized carbons (Fsp3) is 0.588. The number of rotatable bonds is 8. The topological polar surface area (TPSA) is 65.9 Å². The van der Waals surface area contributed by atoms with Crippen molar-refractivity contribution in [2.75, 3.05) is 26.7 Å². The van der Waals surface area contributed by atoms with E-state index in [-0.39, 0.29) is 5.60 Å². The van der Waals surface area contributed by atoms with Crippen molar-refractivity contribution in [1.82, 2.24) is 10.6 Å². The van der Waals surface area contributed by atoms with Crippen LogP contribution in [-0.4, -0.2) is 43.4 Å². The molecule has 0 heterocycles. The van der Waals surface area contributed by atoms with E-state index in [1.807, 2.05) is 26.0 Å². The molecule has 0 amide bonds. The maximum Gasteiger partial charge on any atom is 0.191 e. The molecule has 0 fully saturated rings. The molecule has 0 spiro atoms. The van der Waals surface area contributed by atoms with Crippen molar-refractivity contribution in [3.63, 3.8) is 0 Å². The first-order valence-corrected chi connectivity index (χ1v) is 7.82. The lowest BCUT2D eigenvalue weighted by Crippen LogP contribution is -2.39. The number of methoxy groups -OCH3 is 1. The van der Waals surface area contributed by atoms with Gasteiger partial charge in [-0.15, -0.1) is 0 Å². The van der Waals surface area contributed by atoms with Crippen LogP contribution in [0.5, 0.6) is 5.75 Å². The highest BCUT2D eigenvalue weighted by Gasteiger charge is 2.15. The monoisotopic (exact) mass is 307 g/mol. The molecule has 0 aliphatic heterocycles. The number of phenols is 1. The molecule has 0 atom stereocenters. The van der Waals surface area contributed by atoms with E-state index in [0.717, 1.165) is 31.9 Å². The number of guanidine groups is 1.